The van der Waals surface area contributed by atoms with Crippen LogP contribution < -0.4 is 10.1 Å². The molecular formula is C17H18N2O2. The predicted molar refractivity (Wildman–Crippen MR) is 80.8 cm³/mol. The monoisotopic (exact) mass is 282 g/mol. The number of hydrogen-bond donors (Lipinski definition) is 2. The van der Waals surface area contributed by atoms with Crippen molar-refractivity contribution in [2.45, 2.75) is 12.6 Å². The molecule has 1 unspecified atom stereocenters. The minimum absolute atomic E-state index is 0.0191. The fraction of sp³-hybridized carbons (Fsp3) is 0.235. The number of aliphatic hydroxyl groups excluding tert-OH is 1. The van der Waals surface area contributed by atoms with Gasteiger partial charge in [-0.25, -0.2) is 0 Å². The lowest BCUT2D eigenvalue weighted by molar-refractivity contribution is 0.243. The molecule has 4 heteroatoms. The summed E-state index contributed by atoms with van der Waals surface area (Å²) in [5.41, 5.74) is 2.52. The summed E-state index contributed by atoms with van der Waals surface area (Å²) in [6.45, 7) is 0.587. The van der Waals surface area contributed by atoms with Gasteiger partial charge in [0, 0.05) is 6.54 Å². The van der Waals surface area contributed by atoms with Crippen LogP contribution in [0.5, 0.6) is 5.75 Å². The molecule has 0 saturated carbocycles. The lowest BCUT2D eigenvalue weighted by Gasteiger charge is -2.17. The van der Waals surface area contributed by atoms with E-state index >= 15 is 0 Å². The third-order valence-electron chi connectivity index (χ3n) is 3.32. The molecule has 0 heterocycles. The second-order valence-corrected chi connectivity index (χ2v) is 4.67. The molecule has 0 aliphatic carbocycles. The van der Waals surface area contributed by atoms with E-state index in [9.17, 15) is 5.11 Å². The number of ether oxygens (including phenoxy) is 1. The van der Waals surface area contributed by atoms with E-state index in [4.69, 9.17) is 10.00 Å². The van der Waals surface area contributed by atoms with Crippen molar-refractivity contribution in [3.05, 3.63) is 65.2 Å². The zero-order valence-corrected chi connectivity index (χ0v) is 11.9. The third kappa shape index (κ3) is 3.82. The maximum atomic E-state index is 9.51. The van der Waals surface area contributed by atoms with Crippen LogP contribution in [0.4, 0.5) is 0 Å². The van der Waals surface area contributed by atoms with Gasteiger partial charge in [0.1, 0.15) is 11.8 Å². The van der Waals surface area contributed by atoms with E-state index < -0.39 is 0 Å². The Morgan fingerprint density at radius 3 is 2.62 bits per heavy atom. The van der Waals surface area contributed by atoms with E-state index in [1.54, 1.807) is 19.2 Å². The first-order valence-electron chi connectivity index (χ1n) is 6.74. The highest BCUT2D eigenvalue weighted by atomic mass is 16.5. The summed E-state index contributed by atoms with van der Waals surface area (Å²) in [6, 6.07) is 17.3. The van der Waals surface area contributed by atoms with Crippen molar-refractivity contribution < 1.29 is 9.84 Å². The van der Waals surface area contributed by atoms with Crippen molar-refractivity contribution in [3.8, 4) is 11.8 Å². The van der Waals surface area contributed by atoms with Gasteiger partial charge in [-0.15, -0.1) is 0 Å². The quantitative estimate of drug-likeness (QED) is 0.854. The number of benzene rings is 2. The first kappa shape index (κ1) is 15.0. The number of methoxy groups -OCH3 is 1. The van der Waals surface area contributed by atoms with Gasteiger partial charge in [0.25, 0.3) is 0 Å². The fourth-order valence-corrected chi connectivity index (χ4v) is 2.17. The number of hydrogen-bond acceptors (Lipinski definition) is 4. The maximum Gasteiger partial charge on any atom is 0.136 e. The van der Waals surface area contributed by atoms with Crippen molar-refractivity contribution in [3.63, 3.8) is 0 Å². The molecule has 4 nitrogen and oxygen atoms in total. The van der Waals surface area contributed by atoms with Gasteiger partial charge in [-0.3, -0.25) is 0 Å². The molecule has 0 radical (unpaired) electrons. The molecule has 1 atom stereocenters. The van der Waals surface area contributed by atoms with E-state index in [0.717, 1.165) is 11.1 Å². The summed E-state index contributed by atoms with van der Waals surface area (Å²) < 4.78 is 5.12. The van der Waals surface area contributed by atoms with Crippen LogP contribution in [0.15, 0.2) is 48.5 Å². The van der Waals surface area contributed by atoms with E-state index in [2.05, 4.69) is 11.4 Å². The smallest absolute Gasteiger partial charge is 0.136 e. The summed E-state index contributed by atoms with van der Waals surface area (Å²) in [5.74, 6) is 0.572. The summed E-state index contributed by atoms with van der Waals surface area (Å²) >= 11 is 0. The highest BCUT2D eigenvalue weighted by Crippen LogP contribution is 2.19. The molecule has 0 aliphatic rings. The van der Waals surface area contributed by atoms with E-state index in [-0.39, 0.29) is 12.6 Å². The lowest BCUT2D eigenvalue weighted by atomic mass is 10.1. The molecule has 0 aliphatic heterocycles. The van der Waals surface area contributed by atoms with Crippen LogP contribution in [0.2, 0.25) is 0 Å². The lowest BCUT2D eigenvalue weighted by Crippen LogP contribution is -2.23. The van der Waals surface area contributed by atoms with Crippen LogP contribution in [-0.4, -0.2) is 18.8 Å². The van der Waals surface area contributed by atoms with Gasteiger partial charge in [-0.2, -0.15) is 5.26 Å². The van der Waals surface area contributed by atoms with Crippen molar-refractivity contribution in [1.29, 1.82) is 5.26 Å². The summed E-state index contributed by atoms with van der Waals surface area (Å²) in [4.78, 5) is 0. The average molecular weight is 282 g/mol. The zero-order chi connectivity index (χ0) is 15.1. The summed E-state index contributed by atoms with van der Waals surface area (Å²) in [7, 11) is 1.55. The number of rotatable bonds is 6. The van der Waals surface area contributed by atoms with Gasteiger partial charge in [-0.05, 0) is 23.3 Å². The molecule has 2 rings (SSSR count). The molecule has 0 saturated heterocycles. The summed E-state index contributed by atoms with van der Waals surface area (Å²) in [6.07, 6.45) is 0. The minimum Gasteiger partial charge on any atom is -0.495 e. The Morgan fingerprint density at radius 1 is 1.24 bits per heavy atom. The second-order valence-electron chi connectivity index (χ2n) is 4.67. The van der Waals surface area contributed by atoms with Crippen molar-refractivity contribution in [2.24, 2.45) is 0 Å². The van der Waals surface area contributed by atoms with Gasteiger partial charge < -0.3 is 15.2 Å². The maximum absolute atomic E-state index is 9.51. The molecule has 21 heavy (non-hydrogen) atoms. The fourth-order valence-electron chi connectivity index (χ4n) is 2.17. The molecule has 2 aromatic carbocycles. The summed E-state index contributed by atoms with van der Waals surface area (Å²) in [5, 5.41) is 21.9. The highest BCUT2D eigenvalue weighted by molar-refractivity contribution is 5.45. The SMILES string of the molecule is COc1ccc(CNC(CO)c2ccccc2)cc1C#N. The largest absolute Gasteiger partial charge is 0.495 e. The average Bonchev–Trinajstić information content (AvgIpc) is 2.56. The Bertz CT molecular complexity index is 620. The number of nitrogens with zero attached hydrogens (tertiary/aromatic N) is 1. The van der Waals surface area contributed by atoms with Crippen molar-refractivity contribution in [2.75, 3.05) is 13.7 Å². The normalized spacial score (nSPS) is 11.7. The molecule has 0 aromatic heterocycles. The van der Waals surface area contributed by atoms with Gasteiger partial charge in [0.05, 0.1) is 25.3 Å². The molecular weight excluding hydrogens is 264 g/mol. The Hall–Kier alpha value is -2.35. The minimum atomic E-state index is -0.126. The second kappa shape index (κ2) is 7.44. The topological polar surface area (TPSA) is 65.3 Å². The molecule has 0 fully saturated rings. The zero-order valence-electron chi connectivity index (χ0n) is 11.9. The van der Waals surface area contributed by atoms with E-state index in [1.165, 1.54) is 0 Å². The third-order valence-corrected chi connectivity index (χ3v) is 3.32. The first-order chi connectivity index (χ1) is 10.3. The van der Waals surface area contributed by atoms with E-state index in [0.29, 0.717) is 17.9 Å². The Kier molecular flexibility index (Phi) is 5.33. The van der Waals surface area contributed by atoms with Crippen LogP contribution in [0.1, 0.15) is 22.7 Å². The number of nitrogens with one attached hydrogen (secondary N) is 1. The standard InChI is InChI=1S/C17H18N2O2/c1-21-17-8-7-13(9-15(17)10-18)11-19-16(12-20)14-5-3-2-4-6-14/h2-9,16,19-20H,11-12H2,1H3. The van der Waals surface area contributed by atoms with Crippen LogP contribution in [0, 0.1) is 11.3 Å². The predicted octanol–water partition coefficient (Wildman–Crippen LogP) is 2.39. The van der Waals surface area contributed by atoms with Crippen LogP contribution in [0.25, 0.3) is 0 Å². The number of nitriles is 1. The molecule has 0 amide bonds. The van der Waals surface area contributed by atoms with Gasteiger partial charge in [0.2, 0.25) is 0 Å². The first-order valence-corrected chi connectivity index (χ1v) is 6.74. The van der Waals surface area contributed by atoms with Gasteiger partial charge in [-0.1, -0.05) is 36.4 Å². The van der Waals surface area contributed by atoms with Crippen molar-refractivity contribution >= 4 is 0 Å². The van der Waals surface area contributed by atoms with Crippen LogP contribution in [-0.2, 0) is 6.54 Å². The molecule has 2 aromatic rings. The van der Waals surface area contributed by atoms with Gasteiger partial charge >= 0.3 is 0 Å². The molecule has 2 N–H and O–H groups in total. The molecule has 108 valence electrons. The van der Waals surface area contributed by atoms with Crippen molar-refractivity contribution in [1.82, 2.24) is 5.32 Å². The Labute approximate surface area is 124 Å². The van der Waals surface area contributed by atoms with E-state index in [1.807, 2.05) is 36.4 Å². The molecule has 0 bridgehead atoms. The Balaban J connectivity index is 2.07. The van der Waals surface area contributed by atoms with Crippen LogP contribution in [0.3, 0.4) is 0 Å². The molecule has 0 spiro atoms. The Morgan fingerprint density at radius 2 is 2.00 bits per heavy atom. The van der Waals surface area contributed by atoms with Crippen LogP contribution >= 0.6 is 0 Å². The number of aliphatic hydroxyl groups is 1. The van der Waals surface area contributed by atoms with Gasteiger partial charge in [0.15, 0.2) is 0 Å². The highest BCUT2D eigenvalue weighted by Gasteiger charge is 2.10.